The SMILES string of the molecule is CCC1CN(N(C#N)C#N)CCO1. The molecule has 0 spiro atoms. The fourth-order valence-electron chi connectivity index (χ4n) is 1.28. The third kappa shape index (κ3) is 2.32. The first-order chi connectivity index (χ1) is 6.31. The molecule has 1 atom stereocenters. The van der Waals surface area contributed by atoms with Crippen LogP contribution in [0, 0.1) is 22.9 Å². The van der Waals surface area contributed by atoms with Gasteiger partial charge < -0.3 is 4.74 Å². The molecule has 0 aromatic heterocycles. The number of hydrazine groups is 1. The molecule has 1 fully saturated rings. The Morgan fingerprint density at radius 2 is 2.23 bits per heavy atom. The van der Waals surface area contributed by atoms with Crippen LogP contribution in [-0.2, 0) is 4.74 Å². The predicted molar refractivity (Wildman–Crippen MR) is 44.7 cm³/mol. The number of hydrogen-bond donors (Lipinski definition) is 0. The minimum Gasteiger partial charge on any atom is -0.375 e. The van der Waals surface area contributed by atoms with E-state index in [9.17, 15) is 0 Å². The van der Waals surface area contributed by atoms with Crippen molar-refractivity contribution in [1.29, 1.82) is 10.5 Å². The zero-order valence-corrected chi connectivity index (χ0v) is 7.60. The average molecular weight is 180 g/mol. The van der Waals surface area contributed by atoms with Crippen LogP contribution in [0.4, 0.5) is 0 Å². The third-order valence-corrected chi connectivity index (χ3v) is 2.04. The Bertz CT molecular complexity index is 228. The van der Waals surface area contributed by atoms with Gasteiger partial charge in [0.15, 0.2) is 0 Å². The Morgan fingerprint density at radius 3 is 2.77 bits per heavy atom. The summed E-state index contributed by atoms with van der Waals surface area (Å²) in [7, 11) is 0. The van der Waals surface area contributed by atoms with Gasteiger partial charge in [-0.15, -0.1) is 5.01 Å². The van der Waals surface area contributed by atoms with Gasteiger partial charge in [0.2, 0.25) is 12.4 Å². The van der Waals surface area contributed by atoms with Gasteiger partial charge in [0.05, 0.1) is 12.7 Å². The predicted octanol–water partition coefficient (Wildman–Crippen LogP) is 0.276. The van der Waals surface area contributed by atoms with Crippen molar-refractivity contribution in [1.82, 2.24) is 10.0 Å². The van der Waals surface area contributed by atoms with Crippen molar-refractivity contribution in [3.8, 4) is 12.4 Å². The summed E-state index contributed by atoms with van der Waals surface area (Å²) in [4.78, 5) is 0. The molecular weight excluding hydrogens is 168 g/mol. The van der Waals surface area contributed by atoms with Crippen LogP contribution in [0.25, 0.3) is 0 Å². The molecule has 70 valence electrons. The maximum Gasteiger partial charge on any atom is 0.210 e. The molecule has 1 unspecified atom stereocenters. The lowest BCUT2D eigenvalue weighted by atomic mass is 10.2. The Labute approximate surface area is 77.7 Å². The molecule has 0 saturated carbocycles. The second-order valence-electron chi connectivity index (χ2n) is 2.83. The average Bonchev–Trinajstić information content (AvgIpc) is 2.20. The number of hydrogen-bond acceptors (Lipinski definition) is 5. The lowest BCUT2D eigenvalue weighted by Gasteiger charge is -2.33. The van der Waals surface area contributed by atoms with E-state index in [4.69, 9.17) is 15.3 Å². The highest BCUT2D eigenvalue weighted by molar-refractivity contribution is 4.86. The van der Waals surface area contributed by atoms with Crippen molar-refractivity contribution < 1.29 is 4.74 Å². The van der Waals surface area contributed by atoms with Crippen molar-refractivity contribution in [2.24, 2.45) is 0 Å². The van der Waals surface area contributed by atoms with Crippen LogP contribution >= 0.6 is 0 Å². The van der Waals surface area contributed by atoms with E-state index in [0.717, 1.165) is 11.4 Å². The zero-order valence-electron chi connectivity index (χ0n) is 7.60. The molecule has 0 aromatic carbocycles. The third-order valence-electron chi connectivity index (χ3n) is 2.04. The molecule has 13 heavy (non-hydrogen) atoms. The maximum absolute atomic E-state index is 8.61. The molecule has 0 aromatic rings. The molecule has 1 aliphatic rings. The van der Waals surface area contributed by atoms with Crippen molar-refractivity contribution in [2.45, 2.75) is 19.4 Å². The van der Waals surface area contributed by atoms with Gasteiger partial charge in [0.25, 0.3) is 0 Å². The Balaban J connectivity index is 2.52. The lowest BCUT2D eigenvalue weighted by Crippen LogP contribution is -2.48. The van der Waals surface area contributed by atoms with E-state index >= 15 is 0 Å². The molecule has 0 aliphatic carbocycles. The van der Waals surface area contributed by atoms with Gasteiger partial charge in [-0.2, -0.15) is 15.5 Å². The van der Waals surface area contributed by atoms with Gasteiger partial charge in [0.1, 0.15) is 0 Å². The Kier molecular flexibility index (Phi) is 3.51. The summed E-state index contributed by atoms with van der Waals surface area (Å²) in [6.45, 7) is 3.84. The molecule has 0 N–H and O–H groups in total. The molecule has 1 saturated heterocycles. The van der Waals surface area contributed by atoms with E-state index in [1.165, 1.54) is 0 Å². The van der Waals surface area contributed by atoms with E-state index in [1.54, 1.807) is 5.01 Å². The topological polar surface area (TPSA) is 63.3 Å². The number of nitrogens with zero attached hydrogens (tertiary/aromatic N) is 4. The van der Waals surface area contributed by atoms with Crippen LogP contribution in [0.3, 0.4) is 0 Å². The number of ether oxygens (including phenoxy) is 1. The van der Waals surface area contributed by atoms with Crippen LogP contribution < -0.4 is 0 Å². The van der Waals surface area contributed by atoms with E-state index in [0.29, 0.717) is 19.7 Å². The van der Waals surface area contributed by atoms with Crippen LogP contribution in [0.1, 0.15) is 13.3 Å². The summed E-state index contributed by atoms with van der Waals surface area (Å²) >= 11 is 0. The summed E-state index contributed by atoms with van der Waals surface area (Å²) < 4.78 is 5.41. The van der Waals surface area contributed by atoms with Gasteiger partial charge in [-0.3, -0.25) is 0 Å². The van der Waals surface area contributed by atoms with Crippen LogP contribution in [0.5, 0.6) is 0 Å². The number of rotatable bonds is 2. The van der Waals surface area contributed by atoms with Crippen LogP contribution in [0.15, 0.2) is 0 Å². The fourth-order valence-corrected chi connectivity index (χ4v) is 1.28. The summed E-state index contributed by atoms with van der Waals surface area (Å²) in [6, 6.07) is 0. The zero-order chi connectivity index (χ0) is 9.68. The van der Waals surface area contributed by atoms with Crippen LogP contribution in [0.2, 0.25) is 0 Å². The molecule has 0 amide bonds. The monoisotopic (exact) mass is 180 g/mol. The second kappa shape index (κ2) is 4.66. The highest BCUT2D eigenvalue weighted by Gasteiger charge is 2.23. The van der Waals surface area contributed by atoms with Gasteiger partial charge in [-0.1, -0.05) is 6.92 Å². The van der Waals surface area contributed by atoms with Gasteiger partial charge >= 0.3 is 0 Å². The first-order valence-corrected chi connectivity index (χ1v) is 4.27. The van der Waals surface area contributed by atoms with E-state index in [2.05, 4.69) is 0 Å². The Morgan fingerprint density at radius 1 is 1.54 bits per heavy atom. The second-order valence-corrected chi connectivity index (χ2v) is 2.83. The first kappa shape index (κ1) is 9.79. The molecule has 0 radical (unpaired) electrons. The number of nitriles is 2. The smallest absolute Gasteiger partial charge is 0.210 e. The van der Waals surface area contributed by atoms with Gasteiger partial charge in [-0.25, -0.2) is 0 Å². The summed E-state index contributed by atoms with van der Waals surface area (Å²) in [6.07, 6.45) is 4.66. The summed E-state index contributed by atoms with van der Waals surface area (Å²) in [5.74, 6) is 0. The molecular formula is C8H12N4O. The van der Waals surface area contributed by atoms with E-state index in [-0.39, 0.29) is 6.10 Å². The van der Waals surface area contributed by atoms with E-state index < -0.39 is 0 Å². The highest BCUT2D eigenvalue weighted by Crippen LogP contribution is 2.09. The Hall–Kier alpha value is -1.30. The molecule has 5 heteroatoms. The van der Waals surface area contributed by atoms with Crippen LogP contribution in [-0.4, -0.2) is 35.8 Å². The quantitative estimate of drug-likeness (QED) is 0.451. The number of morpholine rings is 1. The van der Waals surface area contributed by atoms with Crippen molar-refractivity contribution in [3.05, 3.63) is 0 Å². The van der Waals surface area contributed by atoms with Crippen molar-refractivity contribution in [2.75, 3.05) is 19.7 Å². The van der Waals surface area contributed by atoms with Crippen molar-refractivity contribution in [3.63, 3.8) is 0 Å². The van der Waals surface area contributed by atoms with Gasteiger partial charge in [-0.05, 0) is 6.42 Å². The highest BCUT2D eigenvalue weighted by atomic mass is 16.5. The van der Waals surface area contributed by atoms with Gasteiger partial charge in [0, 0.05) is 13.1 Å². The van der Waals surface area contributed by atoms with Crippen molar-refractivity contribution >= 4 is 0 Å². The molecule has 0 bridgehead atoms. The minimum atomic E-state index is 0.137. The normalized spacial score (nSPS) is 23.2. The first-order valence-electron chi connectivity index (χ1n) is 4.27. The van der Waals surface area contributed by atoms with E-state index in [1.807, 2.05) is 19.3 Å². The summed E-state index contributed by atoms with van der Waals surface area (Å²) in [5.41, 5.74) is 0. The standard InChI is InChI=1S/C8H12N4O/c1-2-8-5-11(3-4-13-8)12(6-9)7-10/h8H,2-5H2,1H3. The molecule has 5 nitrogen and oxygen atoms in total. The molecule has 1 rings (SSSR count). The molecule has 1 aliphatic heterocycles. The minimum absolute atomic E-state index is 0.137. The largest absolute Gasteiger partial charge is 0.375 e. The summed E-state index contributed by atoms with van der Waals surface area (Å²) in [5, 5.41) is 19.9. The lowest BCUT2D eigenvalue weighted by molar-refractivity contribution is -0.0799. The maximum atomic E-state index is 8.61. The fraction of sp³-hybridized carbons (Fsp3) is 0.750. The molecule has 1 heterocycles.